The molecule has 2 aromatic rings. The number of aromatic nitrogens is 3. The minimum absolute atomic E-state index is 0.0348. The summed E-state index contributed by atoms with van der Waals surface area (Å²) in [6.45, 7) is 7.83. The van der Waals surface area contributed by atoms with E-state index in [1.807, 2.05) is 28.9 Å². The van der Waals surface area contributed by atoms with E-state index in [2.05, 4.69) is 20.0 Å². The lowest BCUT2D eigenvalue weighted by atomic mass is 9.95. The molecule has 0 bridgehead atoms. The standard InChI is InChI=1S/C21H28N6O3/c1-3-19-23-20(24-30-19)17-4-5-18(22-14-17)26-10-12-27(13-11-26)21(29)16-6-8-25(9-7-16)15(2)28/h4-5,14,16H,3,6-13H2,1-2H3. The van der Waals surface area contributed by atoms with Gasteiger partial charge in [-0.05, 0) is 25.0 Å². The van der Waals surface area contributed by atoms with Gasteiger partial charge in [0.2, 0.25) is 23.5 Å². The van der Waals surface area contributed by atoms with Crippen LogP contribution in [0.15, 0.2) is 22.9 Å². The molecule has 2 aliphatic rings. The van der Waals surface area contributed by atoms with Crippen LogP contribution in [-0.2, 0) is 16.0 Å². The first kappa shape index (κ1) is 20.3. The molecule has 0 saturated carbocycles. The summed E-state index contributed by atoms with van der Waals surface area (Å²) in [7, 11) is 0. The summed E-state index contributed by atoms with van der Waals surface area (Å²) in [5.41, 5.74) is 0.827. The van der Waals surface area contributed by atoms with Gasteiger partial charge in [0.05, 0.1) is 0 Å². The number of nitrogens with zero attached hydrogens (tertiary/aromatic N) is 6. The first-order chi connectivity index (χ1) is 14.5. The van der Waals surface area contributed by atoms with Gasteiger partial charge in [-0.25, -0.2) is 4.98 Å². The van der Waals surface area contributed by atoms with Crippen LogP contribution < -0.4 is 4.90 Å². The van der Waals surface area contributed by atoms with E-state index in [9.17, 15) is 9.59 Å². The number of hydrogen-bond donors (Lipinski definition) is 0. The molecule has 2 amide bonds. The summed E-state index contributed by atoms with van der Waals surface area (Å²) < 4.78 is 5.16. The molecule has 4 heterocycles. The van der Waals surface area contributed by atoms with E-state index in [1.54, 1.807) is 13.1 Å². The summed E-state index contributed by atoms with van der Waals surface area (Å²) in [6, 6.07) is 3.92. The minimum atomic E-state index is 0.0348. The number of hydrogen-bond acceptors (Lipinski definition) is 7. The SMILES string of the molecule is CCc1nc(-c2ccc(N3CCN(C(=O)C4CCN(C(C)=O)CC4)CC3)nc2)no1. The van der Waals surface area contributed by atoms with Crippen LogP contribution in [0.1, 0.15) is 32.6 Å². The summed E-state index contributed by atoms with van der Waals surface area (Å²) in [5.74, 6) is 2.41. The van der Waals surface area contributed by atoms with Gasteiger partial charge >= 0.3 is 0 Å². The van der Waals surface area contributed by atoms with E-state index in [0.29, 0.717) is 44.3 Å². The Morgan fingerprint density at radius 3 is 2.37 bits per heavy atom. The topological polar surface area (TPSA) is 95.7 Å². The summed E-state index contributed by atoms with van der Waals surface area (Å²) in [4.78, 5) is 39.2. The fourth-order valence-electron chi connectivity index (χ4n) is 4.08. The Morgan fingerprint density at radius 2 is 1.80 bits per heavy atom. The molecule has 9 heteroatoms. The molecule has 0 unspecified atom stereocenters. The van der Waals surface area contributed by atoms with Crippen LogP contribution in [0.4, 0.5) is 5.82 Å². The number of piperazine rings is 1. The van der Waals surface area contributed by atoms with Crippen LogP contribution >= 0.6 is 0 Å². The molecule has 0 atom stereocenters. The third-order valence-electron chi connectivity index (χ3n) is 5.98. The quantitative estimate of drug-likeness (QED) is 0.753. The molecule has 9 nitrogen and oxygen atoms in total. The second-order valence-corrected chi connectivity index (χ2v) is 7.86. The maximum Gasteiger partial charge on any atom is 0.226 e. The van der Waals surface area contributed by atoms with Gasteiger partial charge in [-0.3, -0.25) is 9.59 Å². The van der Waals surface area contributed by atoms with Crippen molar-refractivity contribution in [1.29, 1.82) is 0 Å². The van der Waals surface area contributed by atoms with Crippen molar-refractivity contribution in [2.45, 2.75) is 33.1 Å². The third-order valence-corrected chi connectivity index (χ3v) is 5.98. The normalized spacial score (nSPS) is 18.0. The fraction of sp³-hybridized carbons (Fsp3) is 0.571. The van der Waals surface area contributed by atoms with Crippen molar-refractivity contribution in [2.24, 2.45) is 5.92 Å². The molecule has 0 spiro atoms. The molecule has 2 aliphatic heterocycles. The summed E-state index contributed by atoms with van der Waals surface area (Å²) in [5, 5.41) is 3.98. The van der Waals surface area contributed by atoms with Crippen molar-refractivity contribution in [3.05, 3.63) is 24.2 Å². The van der Waals surface area contributed by atoms with Crippen LogP contribution in [0.25, 0.3) is 11.4 Å². The maximum atomic E-state index is 12.9. The van der Waals surface area contributed by atoms with Crippen LogP contribution in [0.5, 0.6) is 0 Å². The number of piperidine rings is 1. The summed E-state index contributed by atoms with van der Waals surface area (Å²) >= 11 is 0. The Balaban J connectivity index is 1.30. The Labute approximate surface area is 176 Å². The molecule has 0 radical (unpaired) electrons. The van der Waals surface area contributed by atoms with Gasteiger partial charge in [-0.2, -0.15) is 4.98 Å². The molecule has 2 aromatic heterocycles. The molecule has 0 aliphatic carbocycles. The van der Waals surface area contributed by atoms with Crippen molar-refractivity contribution in [1.82, 2.24) is 24.9 Å². The predicted octanol–water partition coefficient (Wildman–Crippen LogP) is 1.60. The van der Waals surface area contributed by atoms with E-state index in [1.165, 1.54) is 0 Å². The van der Waals surface area contributed by atoms with Crippen molar-refractivity contribution in [2.75, 3.05) is 44.2 Å². The van der Waals surface area contributed by atoms with E-state index in [0.717, 1.165) is 37.3 Å². The monoisotopic (exact) mass is 412 g/mol. The number of amides is 2. The lowest BCUT2D eigenvalue weighted by molar-refractivity contribution is -0.140. The third kappa shape index (κ3) is 4.29. The first-order valence-corrected chi connectivity index (χ1v) is 10.6. The molecule has 4 rings (SSSR count). The number of pyridine rings is 1. The van der Waals surface area contributed by atoms with E-state index in [4.69, 9.17) is 4.52 Å². The Bertz CT molecular complexity index is 880. The highest BCUT2D eigenvalue weighted by molar-refractivity contribution is 5.80. The Kier molecular flexibility index (Phi) is 5.96. The molecule has 2 saturated heterocycles. The molecule has 30 heavy (non-hydrogen) atoms. The second-order valence-electron chi connectivity index (χ2n) is 7.86. The van der Waals surface area contributed by atoms with Crippen molar-refractivity contribution < 1.29 is 14.1 Å². The number of likely N-dealkylation sites (tertiary alicyclic amines) is 1. The predicted molar refractivity (Wildman–Crippen MR) is 111 cm³/mol. The van der Waals surface area contributed by atoms with Crippen molar-refractivity contribution in [3.63, 3.8) is 0 Å². The smallest absolute Gasteiger partial charge is 0.226 e. The zero-order chi connectivity index (χ0) is 21.1. The van der Waals surface area contributed by atoms with Gasteiger partial charge in [0.1, 0.15) is 5.82 Å². The van der Waals surface area contributed by atoms with Gasteiger partial charge in [0.15, 0.2) is 0 Å². The number of anilines is 1. The zero-order valence-electron chi connectivity index (χ0n) is 17.6. The Morgan fingerprint density at radius 1 is 1.07 bits per heavy atom. The van der Waals surface area contributed by atoms with Gasteiger partial charge in [-0.15, -0.1) is 0 Å². The van der Waals surface area contributed by atoms with E-state index in [-0.39, 0.29) is 17.7 Å². The molecule has 2 fully saturated rings. The number of carbonyl (C=O) groups excluding carboxylic acids is 2. The fourth-order valence-corrected chi connectivity index (χ4v) is 4.08. The highest BCUT2D eigenvalue weighted by Gasteiger charge is 2.31. The number of aryl methyl sites for hydroxylation is 1. The van der Waals surface area contributed by atoms with Gasteiger partial charge in [0.25, 0.3) is 0 Å². The van der Waals surface area contributed by atoms with Crippen LogP contribution in [0.3, 0.4) is 0 Å². The lowest BCUT2D eigenvalue weighted by Gasteiger charge is -2.38. The second kappa shape index (κ2) is 8.81. The Hall–Kier alpha value is -2.97. The molecular weight excluding hydrogens is 384 g/mol. The zero-order valence-corrected chi connectivity index (χ0v) is 17.6. The van der Waals surface area contributed by atoms with Crippen LogP contribution in [0.2, 0.25) is 0 Å². The van der Waals surface area contributed by atoms with Crippen molar-refractivity contribution >= 4 is 17.6 Å². The van der Waals surface area contributed by atoms with Crippen LogP contribution in [-0.4, -0.2) is 76.0 Å². The first-order valence-electron chi connectivity index (χ1n) is 10.6. The largest absolute Gasteiger partial charge is 0.353 e. The molecular formula is C21H28N6O3. The van der Waals surface area contributed by atoms with Gasteiger partial charge in [-0.1, -0.05) is 12.1 Å². The van der Waals surface area contributed by atoms with Crippen LogP contribution in [0, 0.1) is 5.92 Å². The average molecular weight is 412 g/mol. The van der Waals surface area contributed by atoms with E-state index < -0.39 is 0 Å². The van der Waals surface area contributed by atoms with Crippen molar-refractivity contribution in [3.8, 4) is 11.4 Å². The maximum absolute atomic E-state index is 12.9. The highest BCUT2D eigenvalue weighted by atomic mass is 16.5. The molecule has 160 valence electrons. The molecule has 0 N–H and O–H groups in total. The minimum Gasteiger partial charge on any atom is -0.353 e. The lowest BCUT2D eigenvalue weighted by Crippen LogP contribution is -2.52. The van der Waals surface area contributed by atoms with E-state index >= 15 is 0 Å². The van der Waals surface area contributed by atoms with Gasteiger partial charge in [0, 0.05) is 70.3 Å². The number of carbonyl (C=O) groups is 2. The highest BCUT2D eigenvalue weighted by Crippen LogP contribution is 2.23. The average Bonchev–Trinajstić information content (AvgIpc) is 3.28. The summed E-state index contributed by atoms with van der Waals surface area (Å²) in [6.07, 6.45) is 3.99. The number of rotatable bonds is 4. The van der Waals surface area contributed by atoms with Gasteiger partial charge < -0.3 is 19.2 Å². The molecule has 0 aromatic carbocycles.